The molecule has 1 aromatic carbocycles. The van der Waals surface area contributed by atoms with E-state index < -0.39 is 0 Å². The quantitative estimate of drug-likeness (QED) is 0.504. The number of halogens is 4. The van der Waals surface area contributed by atoms with Crippen LogP contribution in [0.15, 0.2) is 43.7 Å². The number of hydrogen-bond donors (Lipinski definition) is 1. The molecule has 0 unspecified atom stereocenters. The molecule has 2 aromatic rings. The van der Waals surface area contributed by atoms with E-state index in [1.165, 1.54) is 0 Å². The molecule has 0 saturated carbocycles. The normalized spacial score (nSPS) is 14.5. The summed E-state index contributed by atoms with van der Waals surface area (Å²) in [4.78, 5) is 2.46. The number of benzene rings is 1. The second-order valence-corrected chi connectivity index (χ2v) is 7.64. The van der Waals surface area contributed by atoms with Crippen LogP contribution in [-0.2, 0) is 11.3 Å². The van der Waals surface area contributed by atoms with Crippen molar-refractivity contribution in [2.24, 2.45) is 0 Å². The lowest BCUT2D eigenvalue weighted by atomic mass is 10.2. The van der Waals surface area contributed by atoms with Crippen LogP contribution in [-0.4, -0.2) is 44.3 Å². The zero-order chi connectivity index (χ0) is 16.8. The van der Waals surface area contributed by atoms with E-state index in [-0.39, 0.29) is 24.8 Å². The second-order valence-electron chi connectivity index (χ2n) is 5.87. The lowest BCUT2D eigenvalue weighted by Gasteiger charge is -2.26. The van der Waals surface area contributed by atoms with Gasteiger partial charge in [-0.05, 0) is 65.8 Å². The Balaban J connectivity index is 0.00000169. The van der Waals surface area contributed by atoms with Crippen molar-refractivity contribution in [1.29, 1.82) is 0 Å². The van der Waals surface area contributed by atoms with Crippen molar-refractivity contribution >= 4 is 56.7 Å². The number of furan rings is 1. The van der Waals surface area contributed by atoms with Gasteiger partial charge < -0.3 is 14.5 Å². The monoisotopic (exact) mass is 528 g/mol. The Morgan fingerprint density at radius 2 is 1.81 bits per heavy atom. The summed E-state index contributed by atoms with van der Waals surface area (Å²) in [5, 5.41) is 3.46. The van der Waals surface area contributed by atoms with Crippen molar-refractivity contribution < 1.29 is 9.15 Å². The highest BCUT2D eigenvalue weighted by Crippen LogP contribution is 2.31. The molecular formula is C18H24Br2Cl2N2O2. The van der Waals surface area contributed by atoms with Crippen LogP contribution in [0.1, 0.15) is 12.2 Å². The van der Waals surface area contributed by atoms with Crippen molar-refractivity contribution in [3.8, 4) is 11.3 Å². The molecule has 0 bridgehead atoms. The van der Waals surface area contributed by atoms with Crippen LogP contribution >= 0.6 is 56.7 Å². The number of rotatable bonds is 7. The zero-order valence-electron chi connectivity index (χ0n) is 14.4. The first-order valence-corrected chi connectivity index (χ1v) is 9.86. The smallest absolute Gasteiger partial charge is 0.135 e. The molecule has 0 spiro atoms. The third kappa shape index (κ3) is 7.15. The van der Waals surface area contributed by atoms with Gasteiger partial charge in [0.25, 0.3) is 0 Å². The standard InChI is InChI=1S/C18H22Br2N2O2.2ClH/c19-14-2-4-16(17(20)12-14)18-5-3-15(24-18)13-21-6-1-7-22-8-10-23-11-9-22;;/h2-5,12,21H,1,6-11,13H2;2*1H. The second kappa shape index (κ2) is 12.4. The van der Waals surface area contributed by atoms with Crippen LogP contribution < -0.4 is 5.32 Å². The van der Waals surface area contributed by atoms with E-state index in [0.29, 0.717) is 0 Å². The van der Waals surface area contributed by atoms with E-state index in [1.54, 1.807) is 0 Å². The Morgan fingerprint density at radius 1 is 1.04 bits per heavy atom. The van der Waals surface area contributed by atoms with Gasteiger partial charge in [0.15, 0.2) is 0 Å². The maximum Gasteiger partial charge on any atom is 0.135 e. The third-order valence-electron chi connectivity index (χ3n) is 4.09. The molecule has 0 radical (unpaired) electrons. The van der Waals surface area contributed by atoms with Crippen LogP contribution in [0, 0.1) is 0 Å². The maximum absolute atomic E-state index is 5.95. The molecule has 1 aliphatic heterocycles. The van der Waals surface area contributed by atoms with Crippen molar-refractivity contribution in [3.05, 3.63) is 45.0 Å². The highest BCUT2D eigenvalue weighted by Gasteiger charge is 2.10. The summed E-state index contributed by atoms with van der Waals surface area (Å²) in [7, 11) is 0. The van der Waals surface area contributed by atoms with Crippen LogP contribution in [0.3, 0.4) is 0 Å². The summed E-state index contributed by atoms with van der Waals surface area (Å²) in [5.41, 5.74) is 1.07. The molecule has 2 heterocycles. The summed E-state index contributed by atoms with van der Waals surface area (Å²) in [6, 6.07) is 10.2. The van der Waals surface area contributed by atoms with E-state index >= 15 is 0 Å². The van der Waals surface area contributed by atoms with E-state index in [1.807, 2.05) is 30.3 Å². The van der Waals surface area contributed by atoms with Gasteiger partial charge in [-0.15, -0.1) is 24.8 Å². The molecule has 1 aliphatic rings. The fourth-order valence-corrected chi connectivity index (χ4v) is 4.01. The van der Waals surface area contributed by atoms with Gasteiger partial charge in [-0.25, -0.2) is 0 Å². The average molecular weight is 531 g/mol. The van der Waals surface area contributed by atoms with E-state index in [9.17, 15) is 0 Å². The Hall–Kier alpha value is -0.0800. The topological polar surface area (TPSA) is 37.6 Å². The molecule has 1 saturated heterocycles. The van der Waals surface area contributed by atoms with Gasteiger partial charge in [0.2, 0.25) is 0 Å². The number of nitrogens with one attached hydrogen (secondary N) is 1. The van der Waals surface area contributed by atoms with Crippen LogP contribution in [0.5, 0.6) is 0 Å². The van der Waals surface area contributed by atoms with Gasteiger partial charge in [-0.2, -0.15) is 0 Å². The van der Waals surface area contributed by atoms with Crippen LogP contribution in [0.2, 0.25) is 0 Å². The Morgan fingerprint density at radius 3 is 2.54 bits per heavy atom. The fraction of sp³-hybridized carbons (Fsp3) is 0.444. The molecule has 26 heavy (non-hydrogen) atoms. The molecule has 4 nitrogen and oxygen atoms in total. The molecule has 0 atom stereocenters. The predicted molar refractivity (Wildman–Crippen MR) is 118 cm³/mol. The highest BCUT2D eigenvalue weighted by atomic mass is 79.9. The highest BCUT2D eigenvalue weighted by molar-refractivity contribution is 9.11. The van der Waals surface area contributed by atoms with Crippen molar-refractivity contribution in [3.63, 3.8) is 0 Å². The first kappa shape index (κ1) is 24.0. The third-order valence-corrected chi connectivity index (χ3v) is 5.24. The minimum Gasteiger partial charge on any atom is -0.460 e. The van der Waals surface area contributed by atoms with Crippen molar-refractivity contribution in [2.75, 3.05) is 39.4 Å². The van der Waals surface area contributed by atoms with Gasteiger partial charge in [0.1, 0.15) is 11.5 Å². The SMILES string of the molecule is Brc1ccc(-c2ccc(CNCCCN3CCOCC3)o2)c(Br)c1.Cl.Cl. The number of ether oxygens (including phenoxy) is 1. The predicted octanol–water partition coefficient (Wildman–Crippen LogP) is 5.13. The largest absolute Gasteiger partial charge is 0.460 e. The van der Waals surface area contributed by atoms with Crippen molar-refractivity contribution in [2.45, 2.75) is 13.0 Å². The lowest BCUT2D eigenvalue weighted by molar-refractivity contribution is 0.0374. The van der Waals surface area contributed by atoms with Gasteiger partial charge >= 0.3 is 0 Å². The molecule has 0 amide bonds. The lowest BCUT2D eigenvalue weighted by Crippen LogP contribution is -2.37. The van der Waals surface area contributed by atoms with Crippen LogP contribution in [0.4, 0.5) is 0 Å². The van der Waals surface area contributed by atoms with Gasteiger partial charge in [0.05, 0.1) is 19.8 Å². The summed E-state index contributed by atoms with van der Waals surface area (Å²) in [6.07, 6.45) is 1.14. The Bertz CT molecular complexity index is 664. The molecule has 1 N–H and O–H groups in total. The van der Waals surface area contributed by atoms with E-state index in [2.05, 4.69) is 42.1 Å². The molecule has 1 aromatic heterocycles. The summed E-state index contributed by atoms with van der Waals surface area (Å²) < 4.78 is 13.4. The molecule has 1 fully saturated rings. The Labute approximate surface area is 184 Å². The Kier molecular flexibility index (Phi) is 11.4. The van der Waals surface area contributed by atoms with E-state index in [4.69, 9.17) is 9.15 Å². The summed E-state index contributed by atoms with van der Waals surface area (Å²) in [5.74, 6) is 1.85. The minimum absolute atomic E-state index is 0. The molecule has 3 rings (SSSR count). The van der Waals surface area contributed by atoms with Gasteiger partial charge in [-0.1, -0.05) is 15.9 Å². The maximum atomic E-state index is 5.95. The number of nitrogens with zero attached hydrogens (tertiary/aromatic N) is 1. The first-order chi connectivity index (χ1) is 11.7. The molecule has 146 valence electrons. The van der Waals surface area contributed by atoms with Crippen molar-refractivity contribution in [1.82, 2.24) is 10.2 Å². The summed E-state index contributed by atoms with van der Waals surface area (Å²) in [6.45, 7) is 6.74. The summed E-state index contributed by atoms with van der Waals surface area (Å²) >= 11 is 7.06. The average Bonchev–Trinajstić information content (AvgIpc) is 3.04. The minimum atomic E-state index is 0. The number of hydrogen-bond acceptors (Lipinski definition) is 4. The van der Waals surface area contributed by atoms with Gasteiger partial charge in [0, 0.05) is 27.6 Å². The zero-order valence-corrected chi connectivity index (χ0v) is 19.2. The first-order valence-electron chi connectivity index (χ1n) is 8.27. The van der Waals surface area contributed by atoms with Gasteiger partial charge in [-0.3, -0.25) is 4.90 Å². The number of morpholine rings is 1. The molecule has 8 heteroatoms. The van der Waals surface area contributed by atoms with E-state index in [0.717, 1.165) is 78.4 Å². The van der Waals surface area contributed by atoms with Crippen LogP contribution in [0.25, 0.3) is 11.3 Å². The molecular weight excluding hydrogens is 507 g/mol. The fourth-order valence-electron chi connectivity index (χ4n) is 2.77. The molecule has 0 aliphatic carbocycles.